The Balaban J connectivity index is 2.33. The van der Waals surface area contributed by atoms with Crippen LogP contribution in [0.4, 0.5) is 0 Å². The number of hydrogen-bond acceptors (Lipinski definition) is 2. The first-order valence-electron chi connectivity index (χ1n) is 4.38. The van der Waals surface area contributed by atoms with Crippen LogP contribution < -0.4 is 0 Å². The van der Waals surface area contributed by atoms with E-state index in [9.17, 15) is 0 Å². The molecule has 2 rings (SSSR count). The monoisotopic (exact) mass is 236 g/mol. The Labute approximate surface area is 85.7 Å². The lowest BCUT2D eigenvalue weighted by Gasteiger charge is -2.24. The third kappa shape index (κ3) is 1.59. The minimum Gasteiger partial charge on any atom is -0.241 e. The van der Waals surface area contributed by atoms with E-state index in [1.54, 1.807) is 0 Å². The van der Waals surface area contributed by atoms with Crippen molar-refractivity contribution in [2.45, 2.75) is 25.2 Å². The Morgan fingerprint density at radius 1 is 1.46 bits per heavy atom. The van der Waals surface area contributed by atoms with Crippen molar-refractivity contribution in [2.75, 3.05) is 0 Å². The highest BCUT2D eigenvalue weighted by atomic mass is 79.9. The molecular formula is C10H9BrN2. The molecule has 1 aliphatic carbocycles. The van der Waals surface area contributed by atoms with Crippen molar-refractivity contribution in [1.29, 1.82) is 5.26 Å². The van der Waals surface area contributed by atoms with Crippen LogP contribution in [0, 0.1) is 11.3 Å². The van der Waals surface area contributed by atoms with E-state index >= 15 is 0 Å². The van der Waals surface area contributed by atoms with E-state index in [0.717, 1.165) is 10.2 Å². The van der Waals surface area contributed by atoms with Crippen LogP contribution in [0.1, 0.15) is 36.6 Å². The molecule has 0 unspecified atom stereocenters. The number of aromatic nitrogens is 1. The molecule has 3 heteroatoms. The van der Waals surface area contributed by atoms with Gasteiger partial charge in [-0.15, -0.1) is 0 Å². The predicted molar refractivity (Wildman–Crippen MR) is 53.2 cm³/mol. The molecule has 1 fully saturated rings. The van der Waals surface area contributed by atoms with Crippen LogP contribution in [-0.2, 0) is 0 Å². The zero-order chi connectivity index (χ0) is 9.26. The van der Waals surface area contributed by atoms with Gasteiger partial charge in [0, 0.05) is 11.6 Å². The van der Waals surface area contributed by atoms with Crippen LogP contribution >= 0.6 is 15.9 Å². The molecule has 0 aromatic carbocycles. The van der Waals surface area contributed by atoms with Crippen molar-refractivity contribution < 1.29 is 0 Å². The number of nitrogens with zero attached hydrogens (tertiary/aromatic N) is 2. The normalized spacial score (nSPS) is 16.3. The third-order valence-electron chi connectivity index (χ3n) is 2.50. The summed E-state index contributed by atoms with van der Waals surface area (Å²) in [7, 11) is 0. The molecule has 0 spiro atoms. The summed E-state index contributed by atoms with van der Waals surface area (Å²) in [4.78, 5) is 4.30. The van der Waals surface area contributed by atoms with E-state index in [1.807, 2.05) is 12.1 Å². The van der Waals surface area contributed by atoms with Gasteiger partial charge in [0.05, 0.1) is 4.47 Å². The van der Waals surface area contributed by atoms with Gasteiger partial charge in [0.25, 0.3) is 0 Å². The van der Waals surface area contributed by atoms with Crippen LogP contribution in [0.25, 0.3) is 0 Å². The standard InChI is InChI=1S/C10H9BrN2/c11-8-4-5-9(7-2-1-3-7)13-10(8)6-12/h4-5,7H,1-3H2. The molecule has 1 saturated carbocycles. The van der Waals surface area contributed by atoms with Crippen molar-refractivity contribution in [3.63, 3.8) is 0 Å². The highest BCUT2D eigenvalue weighted by Gasteiger charge is 2.21. The summed E-state index contributed by atoms with van der Waals surface area (Å²) in [6.07, 6.45) is 3.74. The van der Waals surface area contributed by atoms with E-state index in [-0.39, 0.29) is 0 Å². The Hall–Kier alpha value is -0.880. The van der Waals surface area contributed by atoms with Crippen LogP contribution in [0.2, 0.25) is 0 Å². The average molecular weight is 237 g/mol. The molecule has 0 atom stereocenters. The van der Waals surface area contributed by atoms with Gasteiger partial charge in [0.2, 0.25) is 0 Å². The van der Waals surface area contributed by atoms with Crippen LogP contribution in [0.3, 0.4) is 0 Å². The van der Waals surface area contributed by atoms with Gasteiger partial charge in [0.1, 0.15) is 6.07 Å². The molecule has 2 nitrogen and oxygen atoms in total. The molecule has 0 radical (unpaired) electrons. The summed E-state index contributed by atoms with van der Waals surface area (Å²) in [6.45, 7) is 0. The van der Waals surface area contributed by atoms with Gasteiger partial charge in [-0.3, -0.25) is 0 Å². The maximum Gasteiger partial charge on any atom is 0.154 e. The van der Waals surface area contributed by atoms with Gasteiger partial charge >= 0.3 is 0 Å². The zero-order valence-corrected chi connectivity index (χ0v) is 8.71. The molecular weight excluding hydrogens is 228 g/mol. The average Bonchev–Trinajstić information content (AvgIpc) is 2.05. The van der Waals surface area contributed by atoms with Crippen molar-refractivity contribution >= 4 is 15.9 Å². The highest BCUT2D eigenvalue weighted by molar-refractivity contribution is 9.10. The fraction of sp³-hybridized carbons (Fsp3) is 0.400. The van der Waals surface area contributed by atoms with Gasteiger partial charge in [-0.2, -0.15) is 5.26 Å². The summed E-state index contributed by atoms with van der Waals surface area (Å²) >= 11 is 3.29. The smallest absolute Gasteiger partial charge is 0.154 e. The molecule has 13 heavy (non-hydrogen) atoms. The van der Waals surface area contributed by atoms with Crippen molar-refractivity contribution in [3.05, 3.63) is 28.0 Å². The number of nitriles is 1. The maximum atomic E-state index is 8.77. The fourth-order valence-electron chi connectivity index (χ4n) is 1.47. The molecule has 0 saturated heterocycles. The van der Waals surface area contributed by atoms with Crippen molar-refractivity contribution in [2.24, 2.45) is 0 Å². The van der Waals surface area contributed by atoms with Gasteiger partial charge < -0.3 is 0 Å². The van der Waals surface area contributed by atoms with Gasteiger partial charge in [-0.25, -0.2) is 4.98 Å². The molecule has 0 amide bonds. The molecule has 1 aromatic rings. The largest absolute Gasteiger partial charge is 0.241 e. The molecule has 1 aliphatic rings. The summed E-state index contributed by atoms with van der Waals surface area (Å²) in [5.41, 5.74) is 1.58. The first kappa shape index (κ1) is 8.71. The van der Waals surface area contributed by atoms with Crippen LogP contribution in [0.15, 0.2) is 16.6 Å². The van der Waals surface area contributed by atoms with Crippen molar-refractivity contribution in [3.8, 4) is 6.07 Å². The zero-order valence-electron chi connectivity index (χ0n) is 7.13. The van der Waals surface area contributed by atoms with Gasteiger partial charge in [-0.1, -0.05) is 6.42 Å². The predicted octanol–water partition coefficient (Wildman–Crippen LogP) is 2.98. The first-order chi connectivity index (χ1) is 6.31. The SMILES string of the molecule is N#Cc1nc(C2CCC2)ccc1Br. The number of rotatable bonds is 1. The third-order valence-corrected chi connectivity index (χ3v) is 3.14. The first-order valence-corrected chi connectivity index (χ1v) is 5.17. The lowest BCUT2D eigenvalue weighted by molar-refractivity contribution is 0.411. The van der Waals surface area contributed by atoms with Crippen molar-refractivity contribution in [1.82, 2.24) is 4.98 Å². The molecule has 1 heterocycles. The summed E-state index contributed by atoms with van der Waals surface area (Å²) < 4.78 is 0.790. The summed E-state index contributed by atoms with van der Waals surface area (Å²) in [5, 5.41) is 8.77. The second-order valence-corrected chi connectivity index (χ2v) is 4.16. The Kier molecular flexibility index (Phi) is 2.32. The van der Waals surface area contributed by atoms with Crippen LogP contribution in [-0.4, -0.2) is 4.98 Å². The molecule has 0 aliphatic heterocycles. The highest BCUT2D eigenvalue weighted by Crippen LogP contribution is 2.35. The molecule has 0 N–H and O–H groups in total. The number of hydrogen-bond donors (Lipinski definition) is 0. The quantitative estimate of drug-likeness (QED) is 0.752. The summed E-state index contributed by atoms with van der Waals surface area (Å²) in [6, 6.07) is 6.01. The van der Waals surface area contributed by atoms with E-state index in [2.05, 4.69) is 27.0 Å². The van der Waals surface area contributed by atoms with E-state index in [1.165, 1.54) is 19.3 Å². The summed E-state index contributed by atoms with van der Waals surface area (Å²) in [5.74, 6) is 0.597. The Bertz CT molecular complexity index is 364. The number of halogens is 1. The minimum atomic E-state index is 0.504. The second kappa shape index (κ2) is 3.47. The Morgan fingerprint density at radius 2 is 2.23 bits per heavy atom. The molecule has 0 bridgehead atoms. The molecule has 66 valence electrons. The van der Waals surface area contributed by atoms with E-state index < -0.39 is 0 Å². The lowest BCUT2D eigenvalue weighted by atomic mass is 9.83. The van der Waals surface area contributed by atoms with E-state index in [0.29, 0.717) is 11.6 Å². The van der Waals surface area contributed by atoms with Crippen LogP contribution in [0.5, 0.6) is 0 Å². The van der Waals surface area contributed by atoms with Gasteiger partial charge in [0.15, 0.2) is 5.69 Å². The van der Waals surface area contributed by atoms with E-state index in [4.69, 9.17) is 5.26 Å². The van der Waals surface area contributed by atoms with Gasteiger partial charge in [-0.05, 0) is 40.9 Å². The lowest BCUT2D eigenvalue weighted by Crippen LogP contribution is -2.11. The second-order valence-electron chi connectivity index (χ2n) is 3.31. The number of pyridine rings is 1. The Morgan fingerprint density at radius 3 is 2.77 bits per heavy atom. The topological polar surface area (TPSA) is 36.7 Å². The maximum absolute atomic E-state index is 8.77. The molecule has 1 aromatic heterocycles. The fourth-order valence-corrected chi connectivity index (χ4v) is 1.78. The minimum absolute atomic E-state index is 0.504.